The second kappa shape index (κ2) is 2.30. The third-order valence-electron chi connectivity index (χ3n) is 1.53. The van der Waals surface area contributed by atoms with E-state index in [-0.39, 0.29) is 0 Å². The van der Waals surface area contributed by atoms with E-state index < -0.39 is 0 Å². The molecule has 1 N–H and O–H groups in total. The van der Waals surface area contributed by atoms with Gasteiger partial charge in [-0.2, -0.15) is 5.10 Å². The first-order valence-corrected chi connectivity index (χ1v) is 4.03. The summed E-state index contributed by atoms with van der Waals surface area (Å²) >= 11 is 3.36. The van der Waals surface area contributed by atoms with E-state index in [1.54, 1.807) is 6.20 Å². The summed E-state index contributed by atoms with van der Waals surface area (Å²) in [4.78, 5) is 4.12. The number of H-pyrrole nitrogens is 1. The average molecular weight is 212 g/mol. The zero-order valence-corrected chi connectivity index (χ0v) is 7.51. The predicted octanol–water partition coefficient (Wildman–Crippen LogP) is 2.03. The van der Waals surface area contributed by atoms with Crippen molar-refractivity contribution >= 4 is 26.8 Å². The molecule has 0 spiro atoms. The summed E-state index contributed by atoms with van der Waals surface area (Å²) in [5.41, 5.74) is 1.89. The molecule has 0 aromatic carbocycles. The fraction of sp³-hybridized carbons (Fsp3) is 0.143. The fourth-order valence-electron chi connectivity index (χ4n) is 0.987. The quantitative estimate of drug-likeness (QED) is 0.725. The third-order valence-corrected chi connectivity index (χ3v) is 2.14. The van der Waals surface area contributed by atoms with Crippen LogP contribution in [0.3, 0.4) is 0 Å². The molecule has 0 saturated carbocycles. The Morgan fingerprint density at radius 2 is 2.36 bits per heavy atom. The molecule has 11 heavy (non-hydrogen) atoms. The Kier molecular flexibility index (Phi) is 1.42. The Balaban J connectivity index is 2.87. The molecular formula is C7H6BrN3. The van der Waals surface area contributed by atoms with Crippen LogP contribution in [0.25, 0.3) is 10.9 Å². The third kappa shape index (κ3) is 1.03. The van der Waals surface area contributed by atoms with Crippen molar-refractivity contribution < 1.29 is 0 Å². The van der Waals surface area contributed by atoms with Crippen LogP contribution < -0.4 is 0 Å². The van der Waals surface area contributed by atoms with Gasteiger partial charge >= 0.3 is 0 Å². The van der Waals surface area contributed by atoms with Crippen molar-refractivity contribution in [3.05, 3.63) is 22.6 Å². The molecule has 0 amide bonds. The summed E-state index contributed by atoms with van der Waals surface area (Å²) in [6, 6.07) is 1.99. The number of nitrogens with zero attached hydrogens (tertiary/aromatic N) is 2. The van der Waals surface area contributed by atoms with Gasteiger partial charge in [0.2, 0.25) is 0 Å². The highest BCUT2D eigenvalue weighted by atomic mass is 79.9. The maximum absolute atomic E-state index is 4.12. The monoisotopic (exact) mass is 211 g/mol. The molecule has 0 aliphatic rings. The minimum absolute atomic E-state index is 0.891. The van der Waals surface area contributed by atoms with Gasteiger partial charge in [-0.1, -0.05) is 0 Å². The average Bonchev–Trinajstić information content (AvgIpc) is 2.33. The highest BCUT2D eigenvalue weighted by Crippen LogP contribution is 2.19. The van der Waals surface area contributed by atoms with E-state index >= 15 is 0 Å². The molecule has 0 bridgehead atoms. The Morgan fingerprint density at radius 3 is 3.18 bits per heavy atom. The maximum atomic E-state index is 4.12. The Morgan fingerprint density at radius 1 is 1.55 bits per heavy atom. The van der Waals surface area contributed by atoms with Crippen LogP contribution in [0, 0.1) is 6.92 Å². The lowest BCUT2D eigenvalue weighted by Gasteiger charge is -1.89. The van der Waals surface area contributed by atoms with Crippen LogP contribution in [0.5, 0.6) is 0 Å². The number of rotatable bonds is 0. The molecule has 0 fully saturated rings. The fourth-order valence-corrected chi connectivity index (χ4v) is 1.39. The van der Waals surface area contributed by atoms with Gasteiger partial charge in [0.1, 0.15) is 10.1 Å². The summed E-state index contributed by atoms with van der Waals surface area (Å²) in [6.07, 6.45) is 1.76. The summed E-state index contributed by atoms with van der Waals surface area (Å²) < 4.78 is 0.915. The maximum Gasteiger partial charge on any atom is 0.112 e. The Hall–Kier alpha value is -0.900. The van der Waals surface area contributed by atoms with Crippen molar-refractivity contribution in [3.8, 4) is 0 Å². The molecule has 3 nitrogen and oxygen atoms in total. The Labute approximate surface area is 72.0 Å². The second-order valence-electron chi connectivity index (χ2n) is 2.38. The smallest absolute Gasteiger partial charge is 0.112 e. The van der Waals surface area contributed by atoms with E-state index in [1.807, 2.05) is 13.0 Å². The van der Waals surface area contributed by atoms with Crippen LogP contribution in [0.1, 0.15) is 5.69 Å². The van der Waals surface area contributed by atoms with Crippen LogP contribution in [0.4, 0.5) is 0 Å². The minimum Gasteiger partial charge on any atom is -0.270 e. The summed E-state index contributed by atoms with van der Waals surface area (Å²) in [6.45, 7) is 1.96. The van der Waals surface area contributed by atoms with Crippen molar-refractivity contribution in [1.82, 2.24) is 15.2 Å². The molecule has 56 valence electrons. The van der Waals surface area contributed by atoms with Gasteiger partial charge in [0.25, 0.3) is 0 Å². The molecule has 0 radical (unpaired) electrons. The van der Waals surface area contributed by atoms with E-state index in [0.29, 0.717) is 0 Å². The first kappa shape index (κ1) is 6.79. The van der Waals surface area contributed by atoms with E-state index in [0.717, 1.165) is 21.2 Å². The molecule has 0 saturated heterocycles. The molecule has 0 unspecified atom stereocenters. The van der Waals surface area contributed by atoms with Crippen LogP contribution in [0.15, 0.2) is 16.9 Å². The van der Waals surface area contributed by atoms with Gasteiger partial charge in [0.15, 0.2) is 0 Å². The molecule has 4 heteroatoms. The molecule has 0 atom stereocenters. The number of hydrogen-bond acceptors (Lipinski definition) is 2. The lowest BCUT2D eigenvalue weighted by Crippen LogP contribution is -1.78. The van der Waals surface area contributed by atoms with Crippen molar-refractivity contribution in [3.63, 3.8) is 0 Å². The first-order chi connectivity index (χ1) is 5.27. The molecule has 0 aliphatic heterocycles. The predicted molar refractivity (Wildman–Crippen MR) is 46.3 cm³/mol. The molecule has 2 aromatic heterocycles. The number of fused-ring (bicyclic) bond motifs is 1. The molecule has 2 heterocycles. The summed E-state index contributed by atoms with van der Waals surface area (Å²) in [5, 5.41) is 7.94. The van der Waals surface area contributed by atoms with E-state index in [9.17, 15) is 0 Å². The number of aryl methyl sites for hydroxylation is 1. The number of aromatic amines is 1. The van der Waals surface area contributed by atoms with E-state index in [4.69, 9.17) is 0 Å². The highest BCUT2D eigenvalue weighted by molar-refractivity contribution is 9.10. The van der Waals surface area contributed by atoms with Crippen LogP contribution >= 0.6 is 15.9 Å². The van der Waals surface area contributed by atoms with E-state index in [2.05, 4.69) is 31.1 Å². The van der Waals surface area contributed by atoms with Gasteiger partial charge in [0, 0.05) is 11.1 Å². The molecular weight excluding hydrogens is 206 g/mol. The normalized spacial score (nSPS) is 10.7. The lowest BCUT2D eigenvalue weighted by atomic mass is 10.3. The standard InChI is InChI=1S/C7H6BrN3/c1-4-2-5-6(3-9-4)10-11-7(5)8/h2-3H,1H3,(H,10,11). The highest BCUT2D eigenvalue weighted by Gasteiger charge is 2.01. The minimum atomic E-state index is 0.891. The largest absolute Gasteiger partial charge is 0.270 e. The van der Waals surface area contributed by atoms with Crippen molar-refractivity contribution in [2.75, 3.05) is 0 Å². The van der Waals surface area contributed by atoms with Crippen molar-refractivity contribution in [1.29, 1.82) is 0 Å². The topological polar surface area (TPSA) is 41.6 Å². The lowest BCUT2D eigenvalue weighted by molar-refractivity contribution is 1.09. The number of nitrogens with one attached hydrogen (secondary N) is 1. The zero-order chi connectivity index (χ0) is 7.84. The SMILES string of the molecule is Cc1cc2c(Br)[nH]nc2cn1. The van der Waals surface area contributed by atoms with Crippen molar-refractivity contribution in [2.24, 2.45) is 0 Å². The molecule has 2 rings (SSSR count). The molecule has 2 aromatic rings. The van der Waals surface area contributed by atoms with Gasteiger partial charge in [-0.3, -0.25) is 10.1 Å². The van der Waals surface area contributed by atoms with Gasteiger partial charge in [-0.25, -0.2) is 0 Å². The molecule has 0 aliphatic carbocycles. The van der Waals surface area contributed by atoms with Crippen LogP contribution in [-0.2, 0) is 0 Å². The second-order valence-corrected chi connectivity index (χ2v) is 3.17. The van der Waals surface area contributed by atoms with Gasteiger partial charge in [-0.05, 0) is 28.9 Å². The number of halogens is 1. The summed E-state index contributed by atoms with van der Waals surface area (Å²) in [7, 11) is 0. The number of pyridine rings is 1. The van der Waals surface area contributed by atoms with E-state index in [1.165, 1.54) is 0 Å². The summed E-state index contributed by atoms with van der Waals surface area (Å²) in [5.74, 6) is 0. The van der Waals surface area contributed by atoms with Gasteiger partial charge < -0.3 is 0 Å². The zero-order valence-electron chi connectivity index (χ0n) is 5.93. The van der Waals surface area contributed by atoms with Gasteiger partial charge in [-0.15, -0.1) is 0 Å². The van der Waals surface area contributed by atoms with Crippen molar-refractivity contribution in [2.45, 2.75) is 6.92 Å². The van der Waals surface area contributed by atoms with Gasteiger partial charge in [0.05, 0.1) is 6.20 Å². The first-order valence-electron chi connectivity index (χ1n) is 3.23. The number of hydrogen-bond donors (Lipinski definition) is 1. The Bertz CT molecular complexity index is 393. The van der Waals surface area contributed by atoms with Crippen LogP contribution in [0.2, 0.25) is 0 Å². The van der Waals surface area contributed by atoms with Crippen LogP contribution in [-0.4, -0.2) is 15.2 Å². The number of aromatic nitrogens is 3.